The highest BCUT2D eigenvalue weighted by molar-refractivity contribution is 7.17. The van der Waals surface area contributed by atoms with E-state index in [9.17, 15) is 19.5 Å². The van der Waals surface area contributed by atoms with Gasteiger partial charge in [0.15, 0.2) is 5.13 Å². The maximum absolute atomic E-state index is 13.3. The molecule has 8 heteroatoms. The van der Waals surface area contributed by atoms with Crippen molar-refractivity contribution in [3.63, 3.8) is 0 Å². The highest BCUT2D eigenvalue weighted by atomic mass is 32.1. The van der Waals surface area contributed by atoms with Gasteiger partial charge in [0.25, 0.3) is 5.78 Å². The number of ether oxygens (including phenoxy) is 1. The first kappa shape index (κ1) is 23.4. The number of nitrogens with zero attached hydrogens (tertiary/aromatic N) is 2. The molecule has 7 nitrogen and oxygen atoms in total. The van der Waals surface area contributed by atoms with Crippen LogP contribution in [0.4, 0.5) is 5.13 Å². The number of aromatic nitrogens is 1. The van der Waals surface area contributed by atoms with Crippen molar-refractivity contribution in [2.45, 2.75) is 33.7 Å². The molecule has 2 heterocycles. The molecule has 1 fully saturated rings. The third kappa shape index (κ3) is 4.12. The Balaban J connectivity index is 1.90. The van der Waals surface area contributed by atoms with E-state index in [0.717, 1.165) is 22.5 Å². The predicted molar refractivity (Wildman–Crippen MR) is 130 cm³/mol. The first-order valence-electron chi connectivity index (χ1n) is 10.8. The molecule has 34 heavy (non-hydrogen) atoms. The zero-order valence-corrected chi connectivity index (χ0v) is 20.1. The average molecular weight is 477 g/mol. The van der Waals surface area contributed by atoms with Crippen LogP contribution in [0, 0.1) is 20.8 Å². The van der Waals surface area contributed by atoms with Gasteiger partial charge in [-0.3, -0.25) is 14.5 Å². The van der Waals surface area contributed by atoms with E-state index in [1.165, 1.54) is 4.90 Å². The number of aliphatic hydroxyl groups is 1. The van der Waals surface area contributed by atoms with Gasteiger partial charge < -0.3 is 9.84 Å². The number of hydrogen-bond donors (Lipinski definition) is 1. The Morgan fingerprint density at radius 2 is 1.62 bits per heavy atom. The monoisotopic (exact) mass is 476 g/mol. The third-order valence-corrected chi connectivity index (χ3v) is 6.75. The molecule has 0 spiro atoms. The van der Waals surface area contributed by atoms with Gasteiger partial charge in [0.2, 0.25) is 0 Å². The van der Waals surface area contributed by atoms with E-state index in [2.05, 4.69) is 4.98 Å². The number of carbonyl (C=O) groups is 3. The van der Waals surface area contributed by atoms with E-state index >= 15 is 0 Å². The Labute approximate surface area is 201 Å². The Kier molecular flexibility index (Phi) is 6.34. The number of Topliss-reactive ketones (excluding diaryl/α,β-unsaturated/α-hetero) is 1. The second-order valence-corrected chi connectivity index (χ2v) is 9.05. The van der Waals surface area contributed by atoms with Gasteiger partial charge in [-0.1, -0.05) is 71.0 Å². The van der Waals surface area contributed by atoms with E-state index < -0.39 is 23.7 Å². The Hall–Kier alpha value is -3.78. The normalized spacial score (nSPS) is 17.3. The van der Waals surface area contributed by atoms with Crippen LogP contribution in [0.15, 0.2) is 54.1 Å². The lowest BCUT2D eigenvalue weighted by molar-refractivity contribution is -0.132. The fraction of sp³-hybridized carbons (Fsp3) is 0.231. The number of ketones is 1. The first-order chi connectivity index (χ1) is 16.2. The molecule has 4 rings (SSSR count). The molecule has 1 aromatic heterocycles. The maximum Gasteiger partial charge on any atom is 0.350 e. The van der Waals surface area contributed by atoms with Gasteiger partial charge in [-0.15, -0.1) is 0 Å². The van der Waals surface area contributed by atoms with Crippen molar-refractivity contribution in [2.24, 2.45) is 0 Å². The molecule has 1 saturated heterocycles. The van der Waals surface area contributed by atoms with Crippen LogP contribution >= 0.6 is 11.3 Å². The number of anilines is 1. The van der Waals surface area contributed by atoms with Gasteiger partial charge in [0, 0.05) is 5.56 Å². The van der Waals surface area contributed by atoms with E-state index in [4.69, 9.17) is 4.74 Å². The molecule has 1 aliphatic rings. The van der Waals surface area contributed by atoms with Crippen molar-refractivity contribution in [3.05, 3.63) is 86.9 Å². The molecule has 1 unspecified atom stereocenters. The Bertz CT molecular complexity index is 1310. The SMILES string of the molecule is CCOC(=O)c1sc(N2C(=O)C(=O)C(=C(O)c3ccc(C)cc3)C2c2ccc(C)cc2)nc1C. The second kappa shape index (κ2) is 9.23. The third-order valence-electron chi connectivity index (χ3n) is 5.61. The molecule has 0 aliphatic carbocycles. The number of amides is 1. The Morgan fingerprint density at radius 3 is 2.21 bits per heavy atom. The van der Waals surface area contributed by atoms with Gasteiger partial charge in [0.1, 0.15) is 10.6 Å². The van der Waals surface area contributed by atoms with Crippen LogP contribution in [0.1, 0.15) is 50.6 Å². The van der Waals surface area contributed by atoms with E-state index in [1.54, 1.807) is 26.0 Å². The first-order valence-corrected chi connectivity index (χ1v) is 11.6. The second-order valence-electron chi connectivity index (χ2n) is 8.08. The number of aliphatic hydroxyl groups excluding tert-OH is 1. The zero-order chi connectivity index (χ0) is 24.6. The predicted octanol–water partition coefficient (Wildman–Crippen LogP) is 4.87. The van der Waals surface area contributed by atoms with Crippen LogP contribution in [0.3, 0.4) is 0 Å². The van der Waals surface area contributed by atoms with Crippen LogP contribution < -0.4 is 4.90 Å². The van der Waals surface area contributed by atoms with Crippen LogP contribution in [0.5, 0.6) is 0 Å². The topological polar surface area (TPSA) is 96.8 Å². The minimum atomic E-state index is -0.900. The summed E-state index contributed by atoms with van der Waals surface area (Å²) >= 11 is 0.987. The quantitative estimate of drug-likeness (QED) is 0.244. The summed E-state index contributed by atoms with van der Waals surface area (Å²) in [6.45, 7) is 7.41. The summed E-state index contributed by atoms with van der Waals surface area (Å²) < 4.78 is 5.10. The zero-order valence-electron chi connectivity index (χ0n) is 19.3. The van der Waals surface area contributed by atoms with E-state index in [0.29, 0.717) is 16.8 Å². The van der Waals surface area contributed by atoms with Crippen molar-refractivity contribution in [2.75, 3.05) is 11.5 Å². The van der Waals surface area contributed by atoms with Gasteiger partial charge in [-0.2, -0.15) is 0 Å². The van der Waals surface area contributed by atoms with E-state index in [-0.39, 0.29) is 27.9 Å². The van der Waals surface area contributed by atoms with Gasteiger partial charge in [-0.25, -0.2) is 9.78 Å². The molecule has 2 aromatic carbocycles. The molecule has 1 N–H and O–H groups in total. The summed E-state index contributed by atoms with van der Waals surface area (Å²) in [6.07, 6.45) is 0. The largest absolute Gasteiger partial charge is 0.507 e. The minimum Gasteiger partial charge on any atom is -0.507 e. The van der Waals surface area contributed by atoms with Crippen molar-refractivity contribution in [3.8, 4) is 0 Å². The number of hydrogen-bond acceptors (Lipinski definition) is 7. The molecule has 3 aromatic rings. The molecular formula is C26H24N2O5S. The molecule has 0 bridgehead atoms. The maximum atomic E-state index is 13.3. The summed E-state index contributed by atoms with van der Waals surface area (Å²) in [5.74, 6) is -2.42. The Morgan fingerprint density at radius 1 is 1.03 bits per heavy atom. The van der Waals surface area contributed by atoms with Gasteiger partial charge in [0.05, 0.1) is 23.9 Å². The standard InChI is InChI=1S/C26H24N2O5S/c1-5-33-25(32)23-16(4)27-26(34-23)28-20(17-10-6-14(2)7-11-17)19(22(30)24(28)31)21(29)18-12-8-15(3)9-13-18/h6-13,20,29H,5H2,1-4H3. The van der Waals surface area contributed by atoms with E-state index in [1.807, 2.05) is 50.2 Å². The lowest BCUT2D eigenvalue weighted by Gasteiger charge is -2.23. The molecule has 1 aliphatic heterocycles. The van der Waals surface area contributed by atoms with Gasteiger partial charge >= 0.3 is 11.9 Å². The molecule has 174 valence electrons. The fourth-order valence-electron chi connectivity index (χ4n) is 3.83. The fourth-order valence-corrected chi connectivity index (χ4v) is 4.82. The molecule has 1 amide bonds. The summed E-state index contributed by atoms with van der Waals surface area (Å²) in [4.78, 5) is 44.8. The van der Waals surface area contributed by atoms with Crippen molar-refractivity contribution < 1.29 is 24.2 Å². The minimum absolute atomic E-state index is 0.0248. The highest BCUT2D eigenvalue weighted by Gasteiger charge is 2.48. The average Bonchev–Trinajstić information content (AvgIpc) is 3.31. The van der Waals surface area contributed by atoms with Crippen LogP contribution in [0.2, 0.25) is 0 Å². The van der Waals surface area contributed by atoms with Crippen molar-refractivity contribution >= 4 is 39.9 Å². The summed E-state index contributed by atoms with van der Waals surface area (Å²) in [5, 5.41) is 11.3. The molecule has 0 radical (unpaired) electrons. The van der Waals surface area contributed by atoms with Gasteiger partial charge in [-0.05, 0) is 33.3 Å². The number of thiazole rings is 1. The van der Waals surface area contributed by atoms with Crippen molar-refractivity contribution in [1.29, 1.82) is 0 Å². The summed E-state index contributed by atoms with van der Waals surface area (Å²) in [5.41, 5.74) is 3.46. The van der Waals surface area contributed by atoms with Crippen molar-refractivity contribution in [1.82, 2.24) is 4.98 Å². The number of benzene rings is 2. The summed E-state index contributed by atoms with van der Waals surface area (Å²) in [6, 6.07) is 13.5. The molecular weight excluding hydrogens is 452 g/mol. The smallest absolute Gasteiger partial charge is 0.350 e. The van der Waals surface area contributed by atoms with Crippen LogP contribution in [-0.2, 0) is 14.3 Å². The molecule has 0 saturated carbocycles. The van der Waals surface area contributed by atoms with Crippen LogP contribution in [-0.4, -0.2) is 34.4 Å². The number of esters is 1. The highest BCUT2D eigenvalue weighted by Crippen LogP contribution is 2.44. The lowest BCUT2D eigenvalue weighted by atomic mass is 9.94. The summed E-state index contributed by atoms with van der Waals surface area (Å²) in [7, 11) is 0. The number of carbonyl (C=O) groups excluding carboxylic acids is 3. The van der Waals surface area contributed by atoms with Crippen LogP contribution in [0.25, 0.3) is 5.76 Å². The number of aryl methyl sites for hydroxylation is 3. The molecule has 1 atom stereocenters. The lowest BCUT2D eigenvalue weighted by Crippen LogP contribution is -2.29. The number of rotatable bonds is 5.